The number of carbonyl (C=O) groups excluding carboxylic acids is 1. The van der Waals surface area contributed by atoms with E-state index in [4.69, 9.17) is 0 Å². The van der Waals surface area contributed by atoms with Crippen LogP contribution in [0.2, 0.25) is 0 Å². The van der Waals surface area contributed by atoms with Crippen LogP contribution in [0.1, 0.15) is 15.9 Å². The van der Waals surface area contributed by atoms with E-state index >= 15 is 0 Å². The molecule has 0 bridgehead atoms. The molecule has 0 aliphatic heterocycles. The van der Waals surface area contributed by atoms with E-state index in [1.807, 2.05) is 43.3 Å². The predicted octanol–water partition coefficient (Wildman–Crippen LogP) is 4.62. The van der Waals surface area contributed by atoms with Crippen LogP contribution in [0.15, 0.2) is 46.4 Å². The SMILES string of the molecule is Cc1ccc(C(=O)Nc2ccc3ncsc3c2)cc1Br. The maximum atomic E-state index is 12.2. The fraction of sp³-hybridized carbons (Fsp3) is 0.0667. The number of rotatable bonds is 2. The number of hydrogen-bond acceptors (Lipinski definition) is 3. The maximum Gasteiger partial charge on any atom is 0.255 e. The van der Waals surface area contributed by atoms with E-state index in [1.165, 1.54) is 0 Å². The number of carbonyl (C=O) groups is 1. The van der Waals surface area contributed by atoms with Crippen LogP contribution in [-0.4, -0.2) is 10.9 Å². The zero-order valence-corrected chi connectivity index (χ0v) is 13.1. The Bertz CT molecular complexity index is 797. The molecular formula is C15H11BrN2OS. The van der Waals surface area contributed by atoms with E-state index in [9.17, 15) is 4.79 Å². The van der Waals surface area contributed by atoms with Gasteiger partial charge >= 0.3 is 0 Å². The third-order valence-electron chi connectivity index (χ3n) is 3.02. The Morgan fingerprint density at radius 2 is 2.10 bits per heavy atom. The minimum absolute atomic E-state index is 0.116. The van der Waals surface area contributed by atoms with Gasteiger partial charge in [0, 0.05) is 15.7 Å². The van der Waals surface area contributed by atoms with Crippen molar-refractivity contribution in [3.05, 3.63) is 57.5 Å². The van der Waals surface area contributed by atoms with Crippen molar-refractivity contribution >= 4 is 49.1 Å². The molecule has 1 heterocycles. The van der Waals surface area contributed by atoms with Gasteiger partial charge in [0.25, 0.3) is 5.91 Å². The highest BCUT2D eigenvalue weighted by atomic mass is 79.9. The summed E-state index contributed by atoms with van der Waals surface area (Å²) in [7, 11) is 0. The summed E-state index contributed by atoms with van der Waals surface area (Å²) in [5.41, 5.74) is 5.27. The van der Waals surface area contributed by atoms with E-state index in [2.05, 4.69) is 26.2 Å². The van der Waals surface area contributed by atoms with Crippen molar-refractivity contribution in [3.8, 4) is 0 Å². The Morgan fingerprint density at radius 1 is 1.25 bits per heavy atom. The Hall–Kier alpha value is -1.72. The molecule has 20 heavy (non-hydrogen) atoms. The lowest BCUT2D eigenvalue weighted by atomic mass is 10.1. The van der Waals surface area contributed by atoms with Crippen molar-refractivity contribution in [2.24, 2.45) is 0 Å². The molecule has 0 atom stereocenters. The van der Waals surface area contributed by atoms with Gasteiger partial charge in [0.1, 0.15) is 0 Å². The number of benzene rings is 2. The number of anilines is 1. The first-order chi connectivity index (χ1) is 9.63. The fourth-order valence-electron chi connectivity index (χ4n) is 1.87. The van der Waals surface area contributed by atoms with Crippen LogP contribution in [0.4, 0.5) is 5.69 Å². The quantitative estimate of drug-likeness (QED) is 0.735. The topological polar surface area (TPSA) is 42.0 Å². The number of halogens is 1. The second kappa shape index (κ2) is 5.34. The molecule has 0 aliphatic carbocycles. The first kappa shape index (κ1) is 13.3. The molecule has 100 valence electrons. The van der Waals surface area contributed by atoms with Gasteiger partial charge < -0.3 is 5.32 Å². The lowest BCUT2D eigenvalue weighted by Crippen LogP contribution is -2.11. The molecule has 0 saturated carbocycles. The zero-order chi connectivity index (χ0) is 14.1. The van der Waals surface area contributed by atoms with E-state index < -0.39 is 0 Å². The zero-order valence-electron chi connectivity index (χ0n) is 10.7. The van der Waals surface area contributed by atoms with Gasteiger partial charge in [-0.15, -0.1) is 11.3 Å². The first-order valence-electron chi connectivity index (χ1n) is 6.04. The average molecular weight is 347 g/mol. The number of nitrogens with zero attached hydrogens (tertiary/aromatic N) is 1. The normalized spacial score (nSPS) is 10.7. The van der Waals surface area contributed by atoms with Gasteiger partial charge in [-0.1, -0.05) is 22.0 Å². The van der Waals surface area contributed by atoms with Crippen molar-refractivity contribution < 1.29 is 4.79 Å². The molecule has 0 aliphatic rings. The Labute approximate surface area is 128 Å². The molecule has 0 spiro atoms. The summed E-state index contributed by atoms with van der Waals surface area (Å²) in [6, 6.07) is 11.3. The number of fused-ring (bicyclic) bond motifs is 1. The van der Waals surface area contributed by atoms with Crippen molar-refractivity contribution in [2.45, 2.75) is 6.92 Å². The average Bonchev–Trinajstić information content (AvgIpc) is 2.89. The number of hydrogen-bond donors (Lipinski definition) is 1. The molecule has 0 fully saturated rings. The number of nitrogens with one attached hydrogen (secondary N) is 1. The molecule has 3 nitrogen and oxygen atoms in total. The summed E-state index contributed by atoms with van der Waals surface area (Å²) in [6.45, 7) is 1.99. The molecule has 1 N–H and O–H groups in total. The van der Waals surface area contributed by atoms with Crippen LogP contribution < -0.4 is 5.32 Å². The second-order valence-electron chi connectivity index (χ2n) is 4.45. The van der Waals surface area contributed by atoms with Gasteiger partial charge in [0.15, 0.2) is 0 Å². The number of thiazole rings is 1. The first-order valence-corrected chi connectivity index (χ1v) is 7.71. The monoisotopic (exact) mass is 346 g/mol. The molecule has 1 aromatic heterocycles. The third-order valence-corrected chi connectivity index (χ3v) is 4.67. The van der Waals surface area contributed by atoms with Crippen molar-refractivity contribution in [1.82, 2.24) is 4.98 Å². The highest BCUT2D eigenvalue weighted by molar-refractivity contribution is 9.10. The summed E-state index contributed by atoms with van der Waals surface area (Å²) in [5.74, 6) is -0.116. The largest absolute Gasteiger partial charge is 0.322 e. The predicted molar refractivity (Wildman–Crippen MR) is 86.5 cm³/mol. The molecular weight excluding hydrogens is 336 g/mol. The van der Waals surface area contributed by atoms with E-state index in [-0.39, 0.29) is 5.91 Å². The van der Waals surface area contributed by atoms with E-state index in [0.29, 0.717) is 5.56 Å². The van der Waals surface area contributed by atoms with Gasteiger partial charge in [-0.2, -0.15) is 0 Å². The Kier molecular flexibility index (Phi) is 3.54. The number of aryl methyl sites for hydroxylation is 1. The molecule has 0 radical (unpaired) electrons. The molecule has 1 amide bonds. The molecule has 3 aromatic rings. The molecule has 0 unspecified atom stereocenters. The van der Waals surface area contributed by atoms with Gasteiger partial charge in [-0.05, 0) is 42.8 Å². The third kappa shape index (κ3) is 2.59. The van der Waals surface area contributed by atoms with Gasteiger partial charge in [0.2, 0.25) is 0 Å². The lowest BCUT2D eigenvalue weighted by Gasteiger charge is -2.06. The van der Waals surface area contributed by atoms with Crippen molar-refractivity contribution in [1.29, 1.82) is 0 Å². The molecule has 5 heteroatoms. The van der Waals surface area contributed by atoms with Crippen LogP contribution in [0.3, 0.4) is 0 Å². The van der Waals surface area contributed by atoms with Crippen molar-refractivity contribution in [3.63, 3.8) is 0 Å². The molecule has 2 aromatic carbocycles. The summed E-state index contributed by atoms with van der Waals surface area (Å²) in [5, 5.41) is 2.91. The van der Waals surface area contributed by atoms with Gasteiger partial charge in [-0.3, -0.25) is 4.79 Å². The summed E-state index contributed by atoms with van der Waals surface area (Å²) < 4.78 is 2.00. The highest BCUT2D eigenvalue weighted by Gasteiger charge is 2.08. The smallest absolute Gasteiger partial charge is 0.255 e. The van der Waals surface area contributed by atoms with Gasteiger partial charge in [0.05, 0.1) is 15.7 Å². The van der Waals surface area contributed by atoms with Crippen LogP contribution >= 0.6 is 27.3 Å². The number of amides is 1. The second-order valence-corrected chi connectivity index (χ2v) is 6.19. The van der Waals surface area contributed by atoms with Crippen LogP contribution in [0.5, 0.6) is 0 Å². The van der Waals surface area contributed by atoms with Crippen LogP contribution in [0.25, 0.3) is 10.2 Å². The summed E-state index contributed by atoms with van der Waals surface area (Å²) in [6.07, 6.45) is 0. The van der Waals surface area contributed by atoms with Crippen LogP contribution in [-0.2, 0) is 0 Å². The van der Waals surface area contributed by atoms with Gasteiger partial charge in [-0.25, -0.2) is 4.98 Å². The van der Waals surface area contributed by atoms with E-state index in [0.717, 1.165) is 25.9 Å². The number of aromatic nitrogens is 1. The summed E-state index contributed by atoms with van der Waals surface area (Å²) >= 11 is 5.00. The molecule has 3 rings (SSSR count). The molecule has 0 saturated heterocycles. The lowest BCUT2D eigenvalue weighted by molar-refractivity contribution is 0.102. The standard InChI is InChI=1S/C15H11BrN2OS/c1-9-2-3-10(6-12(9)16)15(19)18-11-4-5-13-14(7-11)20-8-17-13/h2-8H,1H3,(H,18,19). The minimum atomic E-state index is -0.116. The summed E-state index contributed by atoms with van der Waals surface area (Å²) in [4.78, 5) is 16.4. The van der Waals surface area contributed by atoms with Crippen LogP contribution in [0, 0.1) is 6.92 Å². The maximum absolute atomic E-state index is 12.2. The Balaban J connectivity index is 1.85. The Morgan fingerprint density at radius 3 is 2.90 bits per heavy atom. The highest BCUT2D eigenvalue weighted by Crippen LogP contribution is 2.23. The fourth-order valence-corrected chi connectivity index (χ4v) is 2.97. The minimum Gasteiger partial charge on any atom is -0.322 e. The van der Waals surface area contributed by atoms with Crippen molar-refractivity contribution in [2.75, 3.05) is 5.32 Å². The van der Waals surface area contributed by atoms with E-state index in [1.54, 1.807) is 16.8 Å².